The van der Waals surface area contributed by atoms with Crippen molar-refractivity contribution in [3.63, 3.8) is 0 Å². The number of hydrogen-bond donors (Lipinski definition) is 2. The van der Waals surface area contributed by atoms with E-state index < -0.39 is 0 Å². The van der Waals surface area contributed by atoms with E-state index in [1.165, 1.54) is 24.5 Å². The Balaban J connectivity index is 1.96. The van der Waals surface area contributed by atoms with Crippen molar-refractivity contribution < 1.29 is 9.53 Å². The Kier molecular flexibility index (Phi) is 3.77. The zero-order chi connectivity index (χ0) is 15.7. The number of esters is 1. The molecule has 2 aliphatic rings. The second-order valence-electron chi connectivity index (χ2n) is 6.19. The predicted molar refractivity (Wildman–Crippen MR) is 87.0 cm³/mol. The molecular formula is C18H22N2O2. The molecule has 1 fully saturated rings. The summed E-state index contributed by atoms with van der Waals surface area (Å²) in [5.74, 6) is -0.0513. The summed E-state index contributed by atoms with van der Waals surface area (Å²) in [5.41, 5.74) is 4.56. The van der Waals surface area contributed by atoms with Crippen molar-refractivity contribution in [2.24, 2.45) is 5.92 Å². The molecule has 0 heterocycles. The van der Waals surface area contributed by atoms with Crippen LogP contribution in [0.25, 0.3) is 5.57 Å². The van der Waals surface area contributed by atoms with Crippen LogP contribution in [-0.4, -0.2) is 26.3 Å². The molecule has 2 atom stereocenters. The van der Waals surface area contributed by atoms with Crippen molar-refractivity contribution in [3.05, 3.63) is 41.1 Å². The smallest absolute Gasteiger partial charge is 0.309 e. The number of nitrogens with one attached hydrogen (secondary N) is 2. The Morgan fingerprint density at radius 1 is 1.50 bits per heavy atom. The van der Waals surface area contributed by atoms with Crippen LogP contribution in [0.1, 0.15) is 36.0 Å². The van der Waals surface area contributed by atoms with Gasteiger partial charge in [0.2, 0.25) is 0 Å². The normalized spacial score (nSPS) is 26.3. The standard InChI is InChI=1S/C18H22N2O2/c1-20-11-14(10-19)12-5-6-15-13(8-12)4-3-7-18(15)9-16(18)17(21)22-2/h5-6,8,10-11,16,19-20H,3-4,7,9H2,1-2H3/b14-11+,19-10?. The molecule has 0 radical (unpaired) electrons. The molecule has 0 amide bonds. The first kappa shape index (κ1) is 14.8. The minimum absolute atomic E-state index is 0.0107. The van der Waals surface area contributed by atoms with Crippen LogP contribution in [0.4, 0.5) is 0 Å². The molecule has 116 valence electrons. The number of aryl methyl sites for hydroxylation is 1. The molecule has 2 aliphatic carbocycles. The summed E-state index contributed by atoms with van der Waals surface area (Å²) in [6.07, 6.45) is 7.34. The van der Waals surface area contributed by atoms with E-state index in [0.29, 0.717) is 0 Å². The van der Waals surface area contributed by atoms with Gasteiger partial charge in [0.15, 0.2) is 0 Å². The van der Waals surface area contributed by atoms with Crippen LogP contribution in [0.15, 0.2) is 24.4 Å². The quantitative estimate of drug-likeness (QED) is 0.663. The zero-order valence-corrected chi connectivity index (χ0v) is 13.1. The Hall–Kier alpha value is -2.10. The predicted octanol–water partition coefficient (Wildman–Crippen LogP) is 2.66. The van der Waals surface area contributed by atoms with Gasteiger partial charge >= 0.3 is 5.97 Å². The van der Waals surface area contributed by atoms with E-state index in [4.69, 9.17) is 10.1 Å². The van der Waals surface area contributed by atoms with Crippen LogP contribution in [-0.2, 0) is 21.4 Å². The van der Waals surface area contributed by atoms with Crippen LogP contribution in [0.3, 0.4) is 0 Å². The largest absolute Gasteiger partial charge is 0.469 e. The van der Waals surface area contributed by atoms with Gasteiger partial charge in [-0.15, -0.1) is 0 Å². The summed E-state index contributed by atoms with van der Waals surface area (Å²) in [6.45, 7) is 0. The average molecular weight is 298 g/mol. The lowest BCUT2D eigenvalue weighted by atomic mass is 9.77. The molecule has 0 aromatic heterocycles. The maximum absolute atomic E-state index is 11.9. The number of rotatable bonds is 4. The highest BCUT2D eigenvalue weighted by molar-refractivity contribution is 6.08. The molecule has 3 rings (SSSR count). The van der Waals surface area contributed by atoms with Crippen molar-refractivity contribution in [1.29, 1.82) is 5.41 Å². The van der Waals surface area contributed by atoms with Gasteiger partial charge in [-0.1, -0.05) is 18.2 Å². The molecule has 1 saturated carbocycles. The van der Waals surface area contributed by atoms with Crippen molar-refractivity contribution in [2.45, 2.75) is 31.1 Å². The monoisotopic (exact) mass is 298 g/mol. The van der Waals surface area contributed by atoms with E-state index >= 15 is 0 Å². The Labute approximate surface area is 131 Å². The molecule has 2 unspecified atom stereocenters. The number of methoxy groups -OCH3 is 1. The molecule has 0 saturated heterocycles. The number of ether oxygens (including phenoxy) is 1. The summed E-state index contributed by atoms with van der Waals surface area (Å²) < 4.78 is 4.94. The number of fused-ring (bicyclic) bond motifs is 2. The number of benzene rings is 1. The molecule has 4 nitrogen and oxygen atoms in total. The zero-order valence-electron chi connectivity index (χ0n) is 13.1. The number of allylic oxidation sites excluding steroid dienone is 1. The van der Waals surface area contributed by atoms with Crippen LogP contribution in [0, 0.1) is 11.3 Å². The summed E-state index contributed by atoms with van der Waals surface area (Å²) >= 11 is 0. The number of carbonyl (C=O) groups excluding carboxylic acids is 1. The third-order valence-corrected chi connectivity index (χ3v) is 5.06. The van der Waals surface area contributed by atoms with Crippen molar-refractivity contribution in [1.82, 2.24) is 5.32 Å². The van der Waals surface area contributed by atoms with Crippen molar-refractivity contribution >= 4 is 17.8 Å². The number of carbonyl (C=O) groups is 1. The Bertz CT molecular complexity index is 650. The van der Waals surface area contributed by atoms with E-state index in [9.17, 15) is 4.79 Å². The third-order valence-electron chi connectivity index (χ3n) is 5.06. The van der Waals surface area contributed by atoms with Crippen LogP contribution in [0.2, 0.25) is 0 Å². The first-order valence-electron chi connectivity index (χ1n) is 7.76. The van der Waals surface area contributed by atoms with Gasteiger partial charge in [0.1, 0.15) is 0 Å². The lowest BCUT2D eigenvalue weighted by Crippen LogP contribution is -2.22. The fourth-order valence-corrected chi connectivity index (χ4v) is 3.89. The SMILES string of the molecule is CN/C=C(\C=N)c1ccc2c(c1)CCCC21CC1C(=O)OC. The van der Waals surface area contributed by atoms with Crippen LogP contribution in [0.5, 0.6) is 0 Å². The highest BCUT2D eigenvalue weighted by atomic mass is 16.5. The van der Waals surface area contributed by atoms with Gasteiger partial charge in [0, 0.05) is 30.5 Å². The fraction of sp³-hybridized carbons (Fsp3) is 0.444. The maximum Gasteiger partial charge on any atom is 0.309 e. The summed E-state index contributed by atoms with van der Waals surface area (Å²) in [4.78, 5) is 11.9. The molecule has 1 spiro atoms. The van der Waals surface area contributed by atoms with E-state index in [-0.39, 0.29) is 17.3 Å². The topological polar surface area (TPSA) is 62.2 Å². The second kappa shape index (κ2) is 5.59. The Morgan fingerprint density at radius 3 is 3.00 bits per heavy atom. The lowest BCUT2D eigenvalue weighted by molar-refractivity contribution is -0.142. The molecule has 4 heteroatoms. The summed E-state index contributed by atoms with van der Waals surface area (Å²) in [6, 6.07) is 6.39. The molecule has 0 aliphatic heterocycles. The van der Waals surface area contributed by atoms with Gasteiger partial charge in [0.25, 0.3) is 0 Å². The minimum Gasteiger partial charge on any atom is -0.469 e. The van der Waals surface area contributed by atoms with Gasteiger partial charge in [0.05, 0.1) is 13.0 Å². The Morgan fingerprint density at radius 2 is 2.32 bits per heavy atom. The summed E-state index contributed by atoms with van der Waals surface area (Å²) in [5, 5.41) is 10.5. The van der Waals surface area contributed by atoms with E-state index in [0.717, 1.165) is 36.8 Å². The van der Waals surface area contributed by atoms with E-state index in [2.05, 4.69) is 23.5 Å². The van der Waals surface area contributed by atoms with Crippen LogP contribution < -0.4 is 5.32 Å². The van der Waals surface area contributed by atoms with Crippen molar-refractivity contribution in [3.8, 4) is 0 Å². The first-order chi connectivity index (χ1) is 10.7. The average Bonchev–Trinajstić information content (AvgIpc) is 3.26. The third kappa shape index (κ3) is 2.23. The molecule has 1 aromatic carbocycles. The van der Waals surface area contributed by atoms with E-state index in [1.54, 1.807) is 0 Å². The van der Waals surface area contributed by atoms with Gasteiger partial charge in [-0.3, -0.25) is 4.79 Å². The molecule has 22 heavy (non-hydrogen) atoms. The molecule has 1 aromatic rings. The molecular weight excluding hydrogens is 276 g/mol. The minimum atomic E-state index is -0.0767. The first-order valence-corrected chi connectivity index (χ1v) is 7.76. The second-order valence-corrected chi connectivity index (χ2v) is 6.19. The van der Waals surface area contributed by atoms with Crippen LogP contribution >= 0.6 is 0 Å². The lowest BCUT2D eigenvalue weighted by Gasteiger charge is -2.27. The van der Waals surface area contributed by atoms with Gasteiger partial charge in [-0.05, 0) is 42.4 Å². The van der Waals surface area contributed by atoms with Gasteiger partial charge < -0.3 is 15.5 Å². The highest BCUT2D eigenvalue weighted by Crippen LogP contribution is 2.60. The van der Waals surface area contributed by atoms with Gasteiger partial charge in [-0.25, -0.2) is 0 Å². The maximum atomic E-state index is 11.9. The summed E-state index contributed by atoms with van der Waals surface area (Å²) in [7, 11) is 3.31. The van der Waals surface area contributed by atoms with Gasteiger partial charge in [-0.2, -0.15) is 0 Å². The molecule has 0 bridgehead atoms. The fourth-order valence-electron chi connectivity index (χ4n) is 3.89. The van der Waals surface area contributed by atoms with Crippen molar-refractivity contribution in [2.75, 3.05) is 14.2 Å². The number of hydrogen-bond acceptors (Lipinski definition) is 4. The molecule has 2 N–H and O–H groups in total. The van der Waals surface area contributed by atoms with E-state index in [1.807, 2.05) is 13.2 Å². The highest BCUT2D eigenvalue weighted by Gasteiger charge is 2.60.